The van der Waals surface area contributed by atoms with Crippen LogP contribution in [-0.4, -0.2) is 50.1 Å². The molecule has 0 saturated carbocycles. The van der Waals surface area contributed by atoms with Gasteiger partial charge in [0.15, 0.2) is 0 Å². The number of phenols is 1. The lowest BCUT2D eigenvalue weighted by Gasteiger charge is -2.52. The molecule has 0 aromatic heterocycles. The van der Waals surface area contributed by atoms with Crippen LogP contribution >= 0.6 is 0 Å². The number of hydrogen-bond acceptors (Lipinski definition) is 6. The lowest BCUT2D eigenvalue weighted by atomic mass is 9.84. The zero-order chi connectivity index (χ0) is 20.5. The molecule has 8 heteroatoms. The Labute approximate surface area is 161 Å². The van der Waals surface area contributed by atoms with E-state index in [2.05, 4.69) is 32.1 Å². The summed E-state index contributed by atoms with van der Waals surface area (Å²) >= 11 is 0. The number of aromatic hydroxyl groups is 1. The van der Waals surface area contributed by atoms with Crippen molar-refractivity contribution in [1.82, 2.24) is 9.62 Å². The van der Waals surface area contributed by atoms with Gasteiger partial charge in [-0.2, -0.15) is 0 Å². The summed E-state index contributed by atoms with van der Waals surface area (Å²) < 4.78 is 32.9. The van der Waals surface area contributed by atoms with Gasteiger partial charge in [-0.1, -0.05) is 27.4 Å². The molecule has 1 heterocycles. The van der Waals surface area contributed by atoms with Crippen LogP contribution in [0.25, 0.3) is 0 Å². The van der Waals surface area contributed by atoms with Gasteiger partial charge in [-0.25, -0.2) is 13.1 Å². The maximum absolute atomic E-state index is 12.7. The Balaban J connectivity index is 2.18. The van der Waals surface area contributed by atoms with Crippen LogP contribution < -0.4 is 4.72 Å². The van der Waals surface area contributed by atoms with Crippen molar-refractivity contribution in [1.29, 1.82) is 0 Å². The van der Waals surface area contributed by atoms with Gasteiger partial charge in [-0.3, -0.25) is 4.79 Å². The summed E-state index contributed by atoms with van der Waals surface area (Å²) in [5.74, 6) is -0.504. The normalized spacial score (nSPS) is 16.5. The number of carbonyl (C=O) groups excluding carboxylic acids is 1. The molecule has 27 heavy (non-hydrogen) atoms. The predicted molar refractivity (Wildman–Crippen MR) is 103 cm³/mol. The van der Waals surface area contributed by atoms with Crippen LogP contribution in [0.15, 0.2) is 41.4 Å². The number of hydrogen-bond donors (Lipinski definition) is 2. The zero-order valence-corrected chi connectivity index (χ0v) is 17.1. The van der Waals surface area contributed by atoms with E-state index in [4.69, 9.17) is 4.74 Å². The van der Waals surface area contributed by atoms with Gasteiger partial charge >= 0.3 is 5.97 Å². The second-order valence-electron chi connectivity index (χ2n) is 8.29. The molecule has 7 nitrogen and oxygen atoms in total. The van der Waals surface area contributed by atoms with Crippen molar-refractivity contribution >= 4 is 16.0 Å². The second kappa shape index (κ2) is 7.52. The van der Waals surface area contributed by atoms with Gasteiger partial charge in [-0.05, 0) is 36.1 Å². The van der Waals surface area contributed by atoms with Crippen LogP contribution in [0.4, 0.5) is 0 Å². The minimum atomic E-state index is -3.86. The first kappa shape index (κ1) is 21.2. The fraction of sp³-hybridized carbons (Fsp3) is 0.526. The van der Waals surface area contributed by atoms with Gasteiger partial charge in [0.05, 0.1) is 24.0 Å². The monoisotopic (exact) mass is 396 g/mol. The molecular weight excluding hydrogens is 368 g/mol. The van der Waals surface area contributed by atoms with Crippen LogP contribution in [0.1, 0.15) is 33.6 Å². The molecule has 0 atom stereocenters. The first-order valence-corrected chi connectivity index (χ1v) is 10.2. The Hall–Kier alpha value is -2.06. The maximum atomic E-state index is 12.7. The third kappa shape index (κ3) is 5.46. The quantitative estimate of drug-likeness (QED) is 0.686. The molecule has 1 saturated heterocycles. The molecule has 2 rings (SSSR count). The number of carbonyl (C=O) groups is 1. The van der Waals surface area contributed by atoms with E-state index < -0.39 is 21.5 Å². The molecule has 1 aromatic rings. The van der Waals surface area contributed by atoms with E-state index in [0.29, 0.717) is 13.1 Å². The predicted octanol–water partition coefficient (Wildman–Crippen LogP) is 2.24. The molecular formula is C19H28N2O5S. The molecule has 1 aliphatic heterocycles. The first-order valence-electron chi connectivity index (χ1n) is 8.68. The number of nitrogens with zero attached hydrogens (tertiary/aromatic N) is 1. The number of nitrogens with one attached hydrogen (secondary N) is 1. The standard InChI is InChI=1S/C19H28N2O5S/c1-14(10-18(2,3)4)21-12-19(13-21,11-17(23)26-5)20-27(24,25)16-8-6-15(22)7-9-16/h6-9,20,22H,1,10-13H2,2-5H3. The van der Waals surface area contributed by atoms with E-state index in [1.807, 2.05) is 4.90 Å². The Bertz CT molecular complexity index is 803. The highest BCUT2D eigenvalue weighted by Crippen LogP contribution is 2.34. The number of benzene rings is 1. The molecule has 0 bridgehead atoms. The van der Waals surface area contributed by atoms with Crippen LogP contribution in [0, 0.1) is 5.41 Å². The van der Waals surface area contributed by atoms with Gasteiger partial charge in [0.25, 0.3) is 0 Å². The Morgan fingerprint density at radius 2 is 1.85 bits per heavy atom. The van der Waals surface area contributed by atoms with Crippen LogP contribution in [0.2, 0.25) is 0 Å². The summed E-state index contributed by atoms with van der Waals surface area (Å²) in [4.78, 5) is 13.9. The van der Waals surface area contributed by atoms with Crippen molar-refractivity contribution in [3.05, 3.63) is 36.5 Å². The highest BCUT2D eigenvalue weighted by atomic mass is 32.2. The molecule has 0 radical (unpaired) electrons. The number of ether oxygens (including phenoxy) is 1. The van der Waals surface area contributed by atoms with Crippen LogP contribution in [0.5, 0.6) is 5.75 Å². The number of allylic oxidation sites excluding steroid dienone is 1. The number of esters is 1. The van der Waals surface area contributed by atoms with E-state index in [0.717, 1.165) is 12.1 Å². The zero-order valence-electron chi connectivity index (χ0n) is 16.3. The van der Waals surface area contributed by atoms with Crippen molar-refractivity contribution in [3.8, 4) is 5.75 Å². The minimum absolute atomic E-state index is 0.0217. The SMILES string of the molecule is C=C(CC(C)(C)C)N1CC(CC(=O)OC)(NS(=O)(=O)c2ccc(O)cc2)C1. The van der Waals surface area contributed by atoms with Crippen molar-refractivity contribution in [2.75, 3.05) is 20.2 Å². The second-order valence-corrected chi connectivity index (χ2v) is 9.97. The van der Waals surface area contributed by atoms with Gasteiger partial charge in [0.2, 0.25) is 10.0 Å². The molecule has 1 aromatic carbocycles. The Morgan fingerprint density at radius 1 is 1.30 bits per heavy atom. The van der Waals surface area contributed by atoms with Crippen molar-refractivity contribution < 1.29 is 23.1 Å². The number of methoxy groups -OCH3 is 1. The molecule has 0 aliphatic carbocycles. The fourth-order valence-electron chi connectivity index (χ4n) is 3.16. The summed E-state index contributed by atoms with van der Waals surface area (Å²) in [6, 6.07) is 5.25. The smallest absolute Gasteiger partial charge is 0.307 e. The number of sulfonamides is 1. The topological polar surface area (TPSA) is 95.9 Å². The van der Waals surface area contributed by atoms with Crippen molar-refractivity contribution in [3.63, 3.8) is 0 Å². The first-order chi connectivity index (χ1) is 12.4. The van der Waals surface area contributed by atoms with Gasteiger partial charge in [-0.15, -0.1) is 0 Å². The largest absolute Gasteiger partial charge is 0.508 e. The molecule has 0 amide bonds. The highest BCUT2D eigenvalue weighted by Gasteiger charge is 2.48. The van der Waals surface area contributed by atoms with Gasteiger partial charge < -0.3 is 14.7 Å². The third-order valence-electron chi connectivity index (χ3n) is 4.38. The lowest BCUT2D eigenvalue weighted by molar-refractivity contribution is -0.143. The van der Waals surface area contributed by atoms with Gasteiger partial charge in [0, 0.05) is 18.8 Å². The van der Waals surface area contributed by atoms with E-state index in [1.165, 1.54) is 31.4 Å². The van der Waals surface area contributed by atoms with Crippen molar-refractivity contribution in [2.45, 2.75) is 44.0 Å². The van der Waals surface area contributed by atoms with Crippen LogP contribution in [-0.2, 0) is 19.6 Å². The number of phenolic OH excluding ortho intramolecular Hbond substituents is 1. The molecule has 150 valence electrons. The average molecular weight is 397 g/mol. The van der Waals surface area contributed by atoms with Crippen molar-refractivity contribution in [2.24, 2.45) is 5.41 Å². The summed E-state index contributed by atoms with van der Waals surface area (Å²) in [6.45, 7) is 11.1. The van der Waals surface area contributed by atoms with E-state index in [-0.39, 0.29) is 22.5 Å². The van der Waals surface area contributed by atoms with Crippen LogP contribution in [0.3, 0.4) is 0 Å². The average Bonchev–Trinajstić information content (AvgIpc) is 2.50. The van der Waals surface area contributed by atoms with E-state index >= 15 is 0 Å². The molecule has 0 unspecified atom stereocenters. The highest BCUT2D eigenvalue weighted by molar-refractivity contribution is 7.89. The number of likely N-dealkylation sites (tertiary alicyclic amines) is 1. The summed E-state index contributed by atoms with van der Waals surface area (Å²) in [6.07, 6.45) is 0.701. The third-order valence-corrected chi connectivity index (χ3v) is 5.97. The van der Waals surface area contributed by atoms with E-state index in [9.17, 15) is 18.3 Å². The summed E-state index contributed by atoms with van der Waals surface area (Å²) in [5.41, 5.74) is 0.0141. The Morgan fingerprint density at radius 3 is 2.33 bits per heavy atom. The molecule has 1 fully saturated rings. The molecule has 0 spiro atoms. The minimum Gasteiger partial charge on any atom is -0.508 e. The molecule has 1 aliphatic rings. The number of rotatable bonds is 7. The van der Waals surface area contributed by atoms with E-state index in [1.54, 1.807) is 0 Å². The molecule has 2 N–H and O–H groups in total. The summed E-state index contributed by atoms with van der Waals surface area (Å²) in [5, 5.41) is 9.36. The maximum Gasteiger partial charge on any atom is 0.307 e. The lowest BCUT2D eigenvalue weighted by Crippen LogP contribution is -2.70. The Kier molecular flexibility index (Phi) is 5.91. The van der Waals surface area contributed by atoms with Gasteiger partial charge in [0.1, 0.15) is 5.75 Å². The fourth-order valence-corrected chi connectivity index (χ4v) is 4.55. The summed E-state index contributed by atoms with van der Waals surface area (Å²) in [7, 11) is -2.58.